The van der Waals surface area contributed by atoms with E-state index in [4.69, 9.17) is 30.5 Å². The van der Waals surface area contributed by atoms with Gasteiger partial charge in [-0.15, -0.1) is 0 Å². The van der Waals surface area contributed by atoms with Crippen LogP contribution in [0, 0.1) is 0 Å². The number of ether oxygens (including phenoxy) is 4. The maximum atomic E-state index is 14.0. The average Bonchev–Trinajstić information content (AvgIpc) is 3.30. The molecule has 0 N–H and O–H groups in total. The second kappa shape index (κ2) is 13.8. The molecule has 0 saturated carbocycles. The first-order chi connectivity index (χ1) is 21.2. The predicted octanol–water partition coefficient (Wildman–Crippen LogP) is 6.20. The van der Waals surface area contributed by atoms with Crippen LogP contribution in [0.3, 0.4) is 0 Å². The Labute approximate surface area is 272 Å². The Bertz CT molecular complexity index is 1920. The zero-order valence-electron chi connectivity index (χ0n) is 24.6. The lowest BCUT2D eigenvalue weighted by Crippen LogP contribution is -2.40. The molecule has 11 heteroatoms. The van der Waals surface area contributed by atoms with Crippen molar-refractivity contribution in [3.63, 3.8) is 0 Å². The SMILES string of the molecule is CCOC(=O)C1=C(C)N=c2s/c(=C\c3ccc(OCc4ccc(Cl)cc4)c(Br)c3)c(=O)n2[C@@H]1c1ccc(OC)c(OCC)c1. The molecule has 0 radical (unpaired) electrons. The van der Waals surface area contributed by atoms with Crippen molar-refractivity contribution >= 4 is 50.9 Å². The summed E-state index contributed by atoms with van der Waals surface area (Å²) in [6.07, 6.45) is 1.80. The van der Waals surface area contributed by atoms with Gasteiger partial charge in [-0.05, 0) is 95.9 Å². The number of rotatable bonds is 10. The summed E-state index contributed by atoms with van der Waals surface area (Å²) < 4.78 is 25.4. The Morgan fingerprint density at radius 2 is 1.77 bits per heavy atom. The first kappa shape index (κ1) is 31.6. The fourth-order valence-electron chi connectivity index (χ4n) is 4.86. The summed E-state index contributed by atoms with van der Waals surface area (Å²) in [6, 6.07) is 17.7. The number of fused-ring (bicyclic) bond motifs is 1. The molecule has 1 aromatic heterocycles. The van der Waals surface area contributed by atoms with Gasteiger partial charge in [-0.3, -0.25) is 9.36 Å². The van der Waals surface area contributed by atoms with Crippen LogP contribution >= 0.6 is 38.9 Å². The summed E-state index contributed by atoms with van der Waals surface area (Å²) in [7, 11) is 1.56. The van der Waals surface area contributed by atoms with Crippen molar-refractivity contribution in [3.8, 4) is 17.2 Å². The second-order valence-electron chi connectivity index (χ2n) is 9.75. The summed E-state index contributed by atoms with van der Waals surface area (Å²) in [5.41, 5.74) is 2.96. The van der Waals surface area contributed by atoms with Crippen molar-refractivity contribution in [1.82, 2.24) is 4.57 Å². The van der Waals surface area contributed by atoms with Gasteiger partial charge in [-0.25, -0.2) is 9.79 Å². The number of benzene rings is 3. The molecular weight excluding hydrogens is 668 g/mol. The van der Waals surface area contributed by atoms with E-state index in [2.05, 4.69) is 20.9 Å². The van der Waals surface area contributed by atoms with Crippen LogP contribution in [0.4, 0.5) is 0 Å². The molecule has 0 fully saturated rings. The molecule has 3 aromatic carbocycles. The van der Waals surface area contributed by atoms with Gasteiger partial charge in [0, 0.05) is 5.02 Å². The first-order valence-corrected chi connectivity index (χ1v) is 15.9. The van der Waals surface area contributed by atoms with Crippen molar-refractivity contribution in [2.45, 2.75) is 33.4 Å². The molecule has 44 heavy (non-hydrogen) atoms. The van der Waals surface area contributed by atoms with E-state index in [-0.39, 0.29) is 12.2 Å². The molecule has 5 rings (SSSR count). The molecule has 0 bridgehead atoms. The molecule has 8 nitrogen and oxygen atoms in total. The summed E-state index contributed by atoms with van der Waals surface area (Å²) >= 11 is 10.8. The highest BCUT2D eigenvalue weighted by Crippen LogP contribution is 2.36. The van der Waals surface area contributed by atoms with E-state index in [1.807, 2.05) is 55.5 Å². The number of hydrogen-bond acceptors (Lipinski definition) is 8. The van der Waals surface area contributed by atoms with E-state index in [1.54, 1.807) is 43.7 Å². The van der Waals surface area contributed by atoms with Gasteiger partial charge in [0.15, 0.2) is 16.3 Å². The third-order valence-corrected chi connectivity index (χ3v) is 8.74. The lowest BCUT2D eigenvalue weighted by molar-refractivity contribution is -0.139. The number of hydrogen-bond donors (Lipinski definition) is 0. The van der Waals surface area contributed by atoms with Crippen LogP contribution in [0.15, 0.2) is 86.2 Å². The molecule has 4 aromatic rings. The van der Waals surface area contributed by atoms with Crippen LogP contribution in [0.5, 0.6) is 17.2 Å². The van der Waals surface area contributed by atoms with Crippen LogP contribution in [-0.4, -0.2) is 30.9 Å². The van der Waals surface area contributed by atoms with Crippen molar-refractivity contribution in [2.75, 3.05) is 20.3 Å². The van der Waals surface area contributed by atoms with Gasteiger partial charge in [0.2, 0.25) is 0 Å². The Balaban J connectivity index is 1.55. The number of methoxy groups -OCH3 is 1. The molecule has 0 amide bonds. The van der Waals surface area contributed by atoms with Crippen molar-refractivity contribution < 1.29 is 23.7 Å². The molecule has 1 aliphatic heterocycles. The van der Waals surface area contributed by atoms with Crippen LogP contribution in [0.1, 0.15) is 43.5 Å². The zero-order valence-corrected chi connectivity index (χ0v) is 27.7. The predicted molar refractivity (Wildman–Crippen MR) is 174 cm³/mol. The van der Waals surface area contributed by atoms with Crippen LogP contribution in [-0.2, 0) is 16.1 Å². The van der Waals surface area contributed by atoms with Gasteiger partial charge in [0.25, 0.3) is 5.56 Å². The van der Waals surface area contributed by atoms with E-state index in [0.29, 0.717) is 61.7 Å². The number of carbonyl (C=O) groups is 1. The monoisotopic (exact) mass is 696 g/mol. The standard InChI is InChI=1S/C33H30BrClN2O6S/c1-5-41-27-17-22(10-14-26(27)40-4)30-29(32(39)42-6-2)19(3)36-33-37(30)31(38)28(44-33)16-21-9-13-25(24(34)15-21)43-18-20-7-11-23(35)12-8-20/h7-17,30H,5-6,18H2,1-4H3/b28-16-/t30-/m1/s1. The first-order valence-electron chi connectivity index (χ1n) is 13.9. The molecular formula is C33H30BrClN2O6S. The van der Waals surface area contributed by atoms with E-state index < -0.39 is 12.0 Å². The third kappa shape index (κ3) is 6.62. The largest absolute Gasteiger partial charge is 0.493 e. The maximum absolute atomic E-state index is 14.0. The Morgan fingerprint density at radius 1 is 1.02 bits per heavy atom. The lowest BCUT2D eigenvalue weighted by atomic mass is 9.95. The minimum absolute atomic E-state index is 0.188. The van der Waals surface area contributed by atoms with Gasteiger partial charge >= 0.3 is 5.97 Å². The number of halogens is 2. The number of aromatic nitrogens is 1. The van der Waals surface area contributed by atoms with Crippen LogP contribution < -0.4 is 29.1 Å². The molecule has 0 spiro atoms. The van der Waals surface area contributed by atoms with E-state index >= 15 is 0 Å². The van der Waals surface area contributed by atoms with Crippen molar-refractivity contribution in [1.29, 1.82) is 0 Å². The number of esters is 1. The molecule has 0 unspecified atom stereocenters. The number of allylic oxidation sites excluding steroid dienone is 1. The highest BCUT2D eigenvalue weighted by molar-refractivity contribution is 9.10. The quantitative estimate of drug-likeness (QED) is 0.184. The fourth-order valence-corrected chi connectivity index (χ4v) is 6.54. The van der Waals surface area contributed by atoms with Gasteiger partial charge in [-0.1, -0.05) is 47.2 Å². The Hall–Kier alpha value is -3.86. The van der Waals surface area contributed by atoms with Gasteiger partial charge in [0.1, 0.15) is 12.4 Å². The van der Waals surface area contributed by atoms with Gasteiger partial charge < -0.3 is 18.9 Å². The lowest BCUT2D eigenvalue weighted by Gasteiger charge is -2.25. The summed E-state index contributed by atoms with van der Waals surface area (Å²) in [5.74, 6) is 1.20. The van der Waals surface area contributed by atoms with Gasteiger partial charge in [0.05, 0.1) is 46.6 Å². The summed E-state index contributed by atoms with van der Waals surface area (Å²) in [5, 5.41) is 0.669. The molecule has 2 heterocycles. The summed E-state index contributed by atoms with van der Waals surface area (Å²) in [4.78, 5) is 32.4. The van der Waals surface area contributed by atoms with Crippen molar-refractivity contribution in [3.05, 3.63) is 118 Å². The molecule has 1 aliphatic rings. The third-order valence-electron chi connectivity index (χ3n) is 6.88. The topological polar surface area (TPSA) is 88.4 Å². The van der Waals surface area contributed by atoms with Gasteiger partial charge in [-0.2, -0.15) is 0 Å². The molecule has 1 atom stereocenters. The van der Waals surface area contributed by atoms with Crippen LogP contribution in [0.2, 0.25) is 5.02 Å². The minimum atomic E-state index is -0.770. The number of nitrogens with zero attached hydrogens (tertiary/aromatic N) is 2. The number of thiazole rings is 1. The normalized spacial score (nSPS) is 14.6. The van der Waals surface area contributed by atoms with Crippen LogP contribution in [0.25, 0.3) is 6.08 Å². The summed E-state index contributed by atoms with van der Waals surface area (Å²) in [6.45, 7) is 6.36. The highest BCUT2D eigenvalue weighted by atomic mass is 79.9. The second-order valence-corrected chi connectivity index (χ2v) is 12.1. The number of carbonyl (C=O) groups excluding carboxylic acids is 1. The highest BCUT2D eigenvalue weighted by Gasteiger charge is 2.34. The minimum Gasteiger partial charge on any atom is -0.493 e. The fraction of sp³-hybridized carbons (Fsp3) is 0.242. The maximum Gasteiger partial charge on any atom is 0.338 e. The zero-order chi connectivity index (χ0) is 31.4. The molecule has 0 saturated heterocycles. The van der Waals surface area contributed by atoms with E-state index in [0.717, 1.165) is 15.6 Å². The van der Waals surface area contributed by atoms with E-state index in [9.17, 15) is 9.59 Å². The van der Waals surface area contributed by atoms with Crippen molar-refractivity contribution in [2.24, 2.45) is 4.99 Å². The Morgan fingerprint density at radius 3 is 2.45 bits per heavy atom. The molecule has 228 valence electrons. The smallest absolute Gasteiger partial charge is 0.338 e. The molecule has 0 aliphatic carbocycles. The average molecular weight is 698 g/mol. The Kier molecular flexibility index (Phi) is 9.93. The van der Waals surface area contributed by atoms with E-state index in [1.165, 1.54) is 11.3 Å².